The second kappa shape index (κ2) is 8.88. The molecule has 0 fully saturated rings. The van der Waals surface area contributed by atoms with E-state index in [-0.39, 0.29) is 32.6 Å². The maximum atomic E-state index is 12.7. The molecule has 2 N–H and O–H groups in total. The number of sulfonamides is 1. The predicted molar refractivity (Wildman–Crippen MR) is 103 cm³/mol. The average molecular weight is 411 g/mol. The van der Waals surface area contributed by atoms with Crippen LogP contribution in [-0.2, 0) is 14.8 Å². The molecule has 0 aromatic heterocycles. The summed E-state index contributed by atoms with van der Waals surface area (Å²) in [6, 6.07) is 9.92. The summed E-state index contributed by atoms with van der Waals surface area (Å²) in [6.45, 7) is 2.38. The third-order valence-electron chi connectivity index (χ3n) is 3.61. The molecule has 0 atom stereocenters. The third-order valence-corrected chi connectivity index (χ3v) is 5.30. The van der Waals surface area contributed by atoms with Gasteiger partial charge >= 0.3 is 5.97 Å². The van der Waals surface area contributed by atoms with Crippen molar-refractivity contribution in [2.24, 2.45) is 0 Å². The summed E-state index contributed by atoms with van der Waals surface area (Å²) >= 11 is 5.93. The number of carbonyl (C=O) groups excluding carboxylic acids is 2. The van der Waals surface area contributed by atoms with Crippen LogP contribution in [-0.4, -0.2) is 33.9 Å². The summed E-state index contributed by atoms with van der Waals surface area (Å²) in [4.78, 5) is 23.8. The summed E-state index contributed by atoms with van der Waals surface area (Å²) in [7, 11) is -2.90. The van der Waals surface area contributed by atoms with Crippen LogP contribution in [0, 0.1) is 0 Å². The van der Waals surface area contributed by atoms with Crippen LogP contribution in [0.5, 0.6) is 0 Å². The zero-order valence-electron chi connectivity index (χ0n) is 14.8. The molecule has 0 spiro atoms. The SMILES string of the molecule is CCCNC(=O)c1ccccc1NS(=O)(=O)c1ccc(Cl)c(C(=O)OC)c1. The fraction of sp³-hybridized carbons (Fsp3) is 0.222. The molecule has 0 saturated heterocycles. The van der Waals surface area contributed by atoms with Gasteiger partial charge in [-0.3, -0.25) is 9.52 Å². The van der Waals surface area contributed by atoms with Crippen molar-refractivity contribution in [3.8, 4) is 0 Å². The van der Waals surface area contributed by atoms with E-state index in [1.165, 1.54) is 31.4 Å². The minimum atomic E-state index is -4.07. The highest BCUT2D eigenvalue weighted by Crippen LogP contribution is 2.24. The quantitative estimate of drug-likeness (QED) is 0.683. The highest BCUT2D eigenvalue weighted by molar-refractivity contribution is 7.92. The van der Waals surface area contributed by atoms with Gasteiger partial charge in [-0.2, -0.15) is 0 Å². The van der Waals surface area contributed by atoms with Gasteiger partial charge in [0.05, 0.1) is 33.8 Å². The Balaban J connectivity index is 2.38. The van der Waals surface area contributed by atoms with Crippen LogP contribution in [0.15, 0.2) is 47.4 Å². The molecule has 27 heavy (non-hydrogen) atoms. The van der Waals surface area contributed by atoms with Gasteiger partial charge in [-0.1, -0.05) is 30.7 Å². The molecule has 1 amide bonds. The number of hydrogen-bond acceptors (Lipinski definition) is 5. The summed E-state index contributed by atoms with van der Waals surface area (Å²) in [5.74, 6) is -1.14. The number of para-hydroxylation sites is 1. The van der Waals surface area contributed by atoms with Crippen molar-refractivity contribution in [1.82, 2.24) is 5.32 Å². The van der Waals surface area contributed by atoms with E-state index in [0.717, 1.165) is 12.5 Å². The standard InChI is InChI=1S/C18H19ClN2O5S/c1-3-10-20-17(22)13-6-4-5-7-16(13)21-27(24,25)12-8-9-15(19)14(11-12)18(23)26-2/h4-9,11,21H,3,10H2,1-2H3,(H,20,22). The number of benzene rings is 2. The molecule has 7 nitrogen and oxygen atoms in total. The number of methoxy groups -OCH3 is 1. The first kappa shape index (κ1) is 20.7. The molecule has 0 aliphatic carbocycles. The lowest BCUT2D eigenvalue weighted by atomic mass is 10.1. The lowest BCUT2D eigenvalue weighted by Gasteiger charge is -2.13. The Kier molecular flexibility index (Phi) is 6.81. The summed E-state index contributed by atoms with van der Waals surface area (Å²) in [6.07, 6.45) is 0.751. The second-order valence-corrected chi connectivity index (χ2v) is 7.63. The van der Waals surface area contributed by atoms with Gasteiger partial charge < -0.3 is 10.1 Å². The molecule has 9 heteroatoms. The maximum absolute atomic E-state index is 12.7. The van der Waals surface area contributed by atoms with Crippen LogP contribution in [0.25, 0.3) is 0 Å². The van der Waals surface area contributed by atoms with E-state index in [0.29, 0.717) is 6.54 Å². The molecule has 2 aromatic rings. The summed E-state index contributed by atoms with van der Waals surface area (Å²) < 4.78 is 32.4. The number of halogens is 1. The maximum Gasteiger partial charge on any atom is 0.339 e. The molecule has 0 aliphatic heterocycles. The Morgan fingerprint density at radius 2 is 1.81 bits per heavy atom. The minimum absolute atomic E-state index is 0.0696. The first-order valence-corrected chi connectivity index (χ1v) is 9.94. The van der Waals surface area contributed by atoms with Crippen molar-refractivity contribution < 1.29 is 22.7 Å². The number of hydrogen-bond donors (Lipinski definition) is 2. The molecule has 0 bridgehead atoms. The summed E-state index contributed by atoms with van der Waals surface area (Å²) in [5.41, 5.74) is 0.244. The van der Waals surface area contributed by atoms with Gasteiger partial charge in [0.15, 0.2) is 0 Å². The van der Waals surface area contributed by atoms with E-state index in [1.807, 2.05) is 6.92 Å². The van der Waals surface area contributed by atoms with E-state index in [4.69, 9.17) is 11.6 Å². The van der Waals surface area contributed by atoms with Crippen molar-refractivity contribution in [2.75, 3.05) is 18.4 Å². The second-order valence-electron chi connectivity index (χ2n) is 5.54. The largest absolute Gasteiger partial charge is 0.465 e. The molecular formula is C18H19ClN2O5S. The number of anilines is 1. The molecule has 2 aromatic carbocycles. The number of ether oxygens (including phenoxy) is 1. The Morgan fingerprint density at radius 1 is 1.11 bits per heavy atom. The van der Waals surface area contributed by atoms with E-state index in [2.05, 4.69) is 14.8 Å². The van der Waals surface area contributed by atoms with Gasteiger partial charge in [0.1, 0.15) is 0 Å². The Morgan fingerprint density at radius 3 is 2.48 bits per heavy atom. The Hall–Kier alpha value is -2.58. The van der Waals surface area contributed by atoms with Crippen LogP contribution in [0.4, 0.5) is 5.69 Å². The van der Waals surface area contributed by atoms with Crippen LogP contribution in [0.3, 0.4) is 0 Å². The number of rotatable bonds is 7. The van der Waals surface area contributed by atoms with Gasteiger partial charge in [0.2, 0.25) is 0 Å². The van der Waals surface area contributed by atoms with E-state index in [9.17, 15) is 18.0 Å². The van der Waals surface area contributed by atoms with Crippen LogP contribution in [0.2, 0.25) is 5.02 Å². The first-order chi connectivity index (χ1) is 12.8. The normalized spacial score (nSPS) is 10.9. The van der Waals surface area contributed by atoms with Crippen molar-refractivity contribution in [1.29, 1.82) is 0 Å². The third kappa shape index (κ3) is 4.99. The Bertz CT molecular complexity index is 960. The number of carbonyl (C=O) groups is 2. The number of nitrogens with one attached hydrogen (secondary N) is 2. The van der Waals surface area contributed by atoms with Crippen molar-refractivity contribution in [2.45, 2.75) is 18.2 Å². The molecule has 0 heterocycles. The first-order valence-electron chi connectivity index (χ1n) is 8.08. The number of amides is 1. The fourth-order valence-electron chi connectivity index (χ4n) is 2.25. The van der Waals surface area contributed by atoms with E-state index >= 15 is 0 Å². The van der Waals surface area contributed by atoms with Gasteiger partial charge in [0.25, 0.3) is 15.9 Å². The molecule has 0 saturated carbocycles. The van der Waals surface area contributed by atoms with Gasteiger partial charge in [-0.25, -0.2) is 13.2 Å². The van der Waals surface area contributed by atoms with Gasteiger partial charge in [-0.05, 0) is 36.8 Å². The van der Waals surface area contributed by atoms with E-state index < -0.39 is 16.0 Å². The summed E-state index contributed by atoms with van der Waals surface area (Å²) in [5, 5.41) is 2.77. The zero-order valence-corrected chi connectivity index (χ0v) is 16.4. The van der Waals surface area contributed by atoms with Crippen molar-refractivity contribution in [3.63, 3.8) is 0 Å². The molecule has 0 aliphatic rings. The smallest absolute Gasteiger partial charge is 0.339 e. The molecule has 0 radical (unpaired) electrons. The van der Waals surface area contributed by atoms with E-state index in [1.54, 1.807) is 12.1 Å². The fourth-order valence-corrected chi connectivity index (χ4v) is 3.55. The Labute approximate surface area is 162 Å². The molecule has 2 rings (SSSR count). The van der Waals surface area contributed by atoms with Gasteiger partial charge in [0, 0.05) is 6.54 Å². The predicted octanol–water partition coefficient (Wildman–Crippen LogP) is 3.07. The highest BCUT2D eigenvalue weighted by Gasteiger charge is 2.21. The topological polar surface area (TPSA) is 102 Å². The zero-order chi connectivity index (χ0) is 20.0. The van der Waals surface area contributed by atoms with Gasteiger partial charge in [-0.15, -0.1) is 0 Å². The lowest BCUT2D eigenvalue weighted by Crippen LogP contribution is -2.26. The minimum Gasteiger partial charge on any atom is -0.465 e. The molecular weight excluding hydrogens is 392 g/mol. The van der Waals surface area contributed by atoms with Crippen LogP contribution >= 0.6 is 11.6 Å². The monoisotopic (exact) mass is 410 g/mol. The van der Waals surface area contributed by atoms with Crippen LogP contribution < -0.4 is 10.0 Å². The van der Waals surface area contributed by atoms with Crippen molar-refractivity contribution in [3.05, 3.63) is 58.6 Å². The van der Waals surface area contributed by atoms with Crippen molar-refractivity contribution >= 4 is 39.2 Å². The molecule has 0 unspecified atom stereocenters. The lowest BCUT2D eigenvalue weighted by molar-refractivity contribution is 0.0600. The average Bonchev–Trinajstić information content (AvgIpc) is 2.65. The molecule has 144 valence electrons. The number of esters is 1. The highest BCUT2D eigenvalue weighted by atomic mass is 35.5. The van der Waals surface area contributed by atoms with Crippen LogP contribution in [0.1, 0.15) is 34.1 Å².